The fourth-order valence-corrected chi connectivity index (χ4v) is 4.60. The third-order valence-corrected chi connectivity index (χ3v) is 6.90. The number of nitrogens with zero attached hydrogens (tertiary/aromatic N) is 2. The van der Waals surface area contributed by atoms with E-state index in [4.69, 9.17) is 16.3 Å². The lowest BCUT2D eigenvalue weighted by molar-refractivity contribution is -0.115. The summed E-state index contributed by atoms with van der Waals surface area (Å²) in [4.78, 5) is 30.6. The summed E-state index contributed by atoms with van der Waals surface area (Å²) in [5, 5.41) is 2.22. The van der Waals surface area contributed by atoms with Crippen LogP contribution in [0.3, 0.4) is 0 Å². The molecule has 10 heteroatoms. The van der Waals surface area contributed by atoms with E-state index < -0.39 is 15.8 Å². The summed E-state index contributed by atoms with van der Waals surface area (Å²) in [6.45, 7) is 3.34. The lowest BCUT2D eigenvalue weighted by Gasteiger charge is -2.18. The third-order valence-electron chi connectivity index (χ3n) is 4.59. The van der Waals surface area contributed by atoms with Crippen molar-refractivity contribution in [3.8, 4) is 0 Å². The molecule has 0 saturated heterocycles. The Morgan fingerprint density at radius 3 is 2.44 bits per heavy atom. The van der Waals surface area contributed by atoms with Crippen molar-refractivity contribution in [2.24, 2.45) is 0 Å². The van der Waals surface area contributed by atoms with Gasteiger partial charge in [0, 0.05) is 18.6 Å². The van der Waals surface area contributed by atoms with E-state index in [1.165, 1.54) is 41.4 Å². The molecule has 1 aromatic heterocycles. The Balaban J connectivity index is 1.76. The lowest BCUT2D eigenvalue weighted by Crippen LogP contribution is -2.22. The molecular formula is C22H21ClN2O5S2. The molecule has 0 fully saturated rings. The first kappa shape index (κ1) is 23.9. The number of halogens is 1. The average molecular weight is 493 g/mol. The molecule has 0 unspecified atom stereocenters. The monoisotopic (exact) mass is 492 g/mol. The van der Waals surface area contributed by atoms with E-state index >= 15 is 0 Å². The number of aryl methyl sites for hydroxylation is 1. The molecule has 7 nitrogen and oxygen atoms in total. The lowest BCUT2D eigenvalue weighted by atomic mass is 10.1. The summed E-state index contributed by atoms with van der Waals surface area (Å²) in [6, 6.07) is 11.5. The Labute approximate surface area is 195 Å². The molecule has 0 N–H and O–H groups in total. The number of thiazole rings is 1. The van der Waals surface area contributed by atoms with Crippen LogP contribution in [0.2, 0.25) is 5.02 Å². The van der Waals surface area contributed by atoms with Crippen molar-refractivity contribution in [1.82, 2.24) is 4.98 Å². The molecule has 0 spiro atoms. The number of anilines is 2. The van der Waals surface area contributed by atoms with Gasteiger partial charge in [-0.15, -0.1) is 11.3 Å². The van der Waals surface area contributed by atoms with Gasteiger partial charge in [-0.2, -0.15) is 0 Å². The van der Waals surface area contributed by atoms with Crippen LogP contribution in [0.25, 0.3) is 0 Å². The molecule has 3 aromatic rings. The van der Waals surface area contributed by atoms with Crippen LogP contribution in [0.5, 0.6) is 0 Å². The molecule has 1 amide bonds. The number of rotatable bonds is 7. The highest BCUT2D eigenvalue weighted by Crippen LogP contribution is 2.30. The number of benzene rings is 2. The van der Waals surface area contributed by atoms with E-state index in [9.17, 15) is 18.0 Å². The van der Waals surface area contributed by atoms with Gasteiger partial charge in [0.15, 0.2) is 15.0 Å². The van der Waals surface area contributed by atoms with E-state index in [0.29, 0.717) is 16.5 Å². The highest BCUT2D eigenvalue weighted by molar-refractivity contribution is 7.90. The first-order chi connectivity index (χ1) is 15.1. The Bertz CT molecular complexity index is 1250. The van der Waals surface area contributed by atoms with Gasteiger partial charge in [0.25, 0.3) is 0 Å². The molecule has 32 heavy (non-hydrogen) atoms. The van der Waals surface area contributed by atoms with Crippen molar-refractivity contribution in [2.45, 2.75) is 31.8 Å². The molecule has 0 aliphatic heterocycles. The summed E-state index contributed by atoms with van der Waals surface area (Å²) in [5.74, 6) is -0.967. The highest BCUT2D eigenvalue weighted by atomic mass is 35.5. The van der Waals surface area contributed by atoms with Gasteiger partial charge in [0.2, 0.25) is 5.91 Å². The summed E-state index contributed by atoms with van der Waals surface area (Å²) in [5.41, 5.74) is 2.25. The van der Waals surface area contributed by atoms with Gasteiger partial charge < -0.3 is 4.74 Å². The van der Waals surface area contributed by atoms with Crippen molar-refractivity contribution in [3.05, 3.63) is 69.7 Å². The molecule has 0 saturated carbocycles. The van der Waals surface area contributed by atoms with Crippen LogP contribution in [-0.2, 0) is 32.4 Å². The maximum Gasteiger partial charge on any atom is 0.340 e. The molecule has 0 radical (unpaired) electrons. The molecule has 168 valence electrons. The zero-order chi connectivity index (χ0) is 23.5. The van der Waals surface area contributed by atoms with E-state index in [2.05, 4.69) is 11.9 Å². The molecule has 0 aliphatic rings. The van der Waals surface area contributed by atoms with Gasteiger partial charge in [0.05, 0.1) is 26.9 Å². The maximum absolute atomic E-state index is 12.5. The minimum Gasteiger partial charge on any atom is -0.456 e. The SMILES string of the molecule is CCc1ccc(N(C(C)=O)c2nc(COC(=O)c3cc(S(C)(=O)=O)ccc3Cl)cs2)cc1. The number of carbonyl (C=O) groups is 2. The van der Waals surface area contributed by atoms with Crippen molar-refractivity contribution >= 4 is 55.5 Å². The molecule has 0 atom stereocenters. The van der Waals surface area contributed by atoms with Crippen LogP contribution in [0, 0.1) is 0 Å². The van der Waals surface area contributed by atoms with Crippen LogP contribution in [0.4, 0.5) is 10.8 Å². The van der Waals surface area contributed by atoms with Crippen molar-refractivity contribution in [3.63, 3.8) is 0 Å². The second kappa shape index (κ2) is 9.81. The van der Waals surface area contributed by atoms with Gasteiger partial charge in [-0.05, 0) is 42.3 Å². The van der Waals surface area contributed by atoms with Crippen molar-refractivity contribution < 1.29 is 22.7 Å². The van der Waals surface area contributed by atoms with Crippen LogP contribution in [0.15, 0.2) is 52.7 Å². The van der Waals surface area contributed by atoms with Crippen molar-refractivity contribution in [2.75, 3.05) is 11.2 Å². The van der Waals surface area contributed by atoms with Gasteiger partial charge in [-0.3, -0.25) is 9.69 Å². The Hall–Kier alpha value is -2.75. The average Bonchev–Trinajstić information content (AvgIpc) is 3.20. The number of ether oxygens (including phenoxy) is 1. The van der Waals surface area contributed by atoms with Crippen LogP contribution >= 0.6 is 22.9 Å². The number of carbonyl (C=O) groups excluding carboxylic acids is 2. The van der Waals surface area contributed by atoms with E-state index in [0.717, 1.165) is 18.2 Å². The van der Waals surface area contributed by atoms with E-state index in [1.54, 1.807) is 5.38 Å². The van der Waals surface area contributed by atoms with E-state index in [-0.39, 0.29) is 28.0 Å². The molecule has 0 aliphatic carbocycles. The first-order valence-corrected chi connectivity index (χ1v) is 12.8. The fraction of sp³-hybridized carbons (Fsp3) is 0.227. The fourth-order valence-electron chi connectivity index (χ4n) is 2.88. The Morgan fingerprint density at radius 2 is 1.84 bits per heavy atom. The standard InChI is InChI=1S/C22H21ClN2O5S2/c1-4-15-5-7-17(8-6-15)25(14(2)26)22-24-16(13-31-22)12-30-21(27)19-11-18(32(3,28)29)9-10-20(19)23/h5-11,13H,4,12H2,1-3H3. The molecular weight excluding hydrogens is 472 g/mol. The van der Waals surface area contributed by atoms with Crippen LogP contribution in [-0.4, -0.2) is 31.5 Å². The summed E-state index contributed by atoms with van der Waals surface area (Å²) >= 11 is 7.28. The Kier molecular flexibility index (Phi) is 7.33. The highest BCUT2D eigenvalue weighted by Gasteiger charge is 2.20. The summed E-state index contributed by atoms with van der Waals surface area (Å²) in [7, 11) is -3.50. The largest absolute Gasteiger partial charge is 0.456 e. The maximum atomic E-state index is 12.5. The van der Waals surface area contributed by atoms with Crippen molar-refractivity contribution in [1.29, 1.82) is 0 Å². The quantitative estimate of drug-likeness (QED) is 0.439. The van der Waals surface area contributed by atoms with E-state index in [1.807, 2.05) is 24.3 Å². The van der Waals surface area contributed by atoms with Gasteiger partial charge in [-0.1, -0.05) is 30.7 Å². The van der Waals surface area contributed by atoms with Crippen LogP contribution in [0.1, 0.15) is 35.5 Å². The number of aromatic nitrogens is 1. The zero-order valence-electron chi connectivity index (χ0n) is 17.7. The normalized spacial score (nSPS) is 11.2. The molecule has 1 heterocycles. The molecule has 0 bridgehead atoms. The molecule has 2 aromatic carbocycles. The summed E-state index contributed by atoms with van der Waals surface area (Å²) < 4.78 is 28.7. The number of hydrogen-bond donors (Lipinski definition) is 0. The number of sulfone groups is 1. The topological polar surface area (TPSA) is 93.6 Å². The van der Waals surface area contributed by atoms with Gasteiger partial charge >= 0.3 is 5.97 Å². The zero-order valence-corrected chi connectivity index (χ0v) is 20.1. The van der Waals surface area contributed by atoms with Gasteiger partial charge in [0.1, 0.15) is 6.61 Å². The van der Waals surface area contributed by atoms with Crippen LogP contribution < -0.4 is 4.90 Å². The Morgan fingerprint density at radius 1 is 1.16 bits per heavy atom. The summed E-state index contributed by atoms with van der Waals surface area (Å²) in [6.07, 6.45) is 1.93. The first-order valence-electron chi connectivity index (χ1n) is 9.61. The minimum absolute atomic E-state index is 0.0315. The second-order valence-electron chi connectivity index (χ2n) is 6.99. The molecule has 3 rings (SSSR count). The number of amides is 1. The predicted molar refractivity (Wildman–Crippen MR) is 124 cm³/mol. The smallest absolute Gasteiger partial charge is 0.340 e. The van der Waals surface area contributed by atoms with Gasteiger partial charge in [-0.25, -0.2) is 18.2 Å². The predicted octanol–water partition coefficient (Wildman–Crippen LogP) is 4.80. The second-order valence-corrected chi connectivity index (χ2v) is 10.2. The number of hydrogen-bond acceptors (Lipinski definition) is 7. The third kappa shape index (κ3) is 5.53. The number of esters is 1. The minimum atomic E-state index is -3.50.